The van der Waals surface area contributed by atoms with E-state index in [1.807, 2.05) is 0 Å². The van der Waals surface area contributed by atoms with Gasteiger partial charge in [-0.15, -0.1) is 11.3 Å². The molecule has 1 aromatic carbocycles. The summed E-state index contributed by atoms with van der Waals surface area (Å²) in [5, 5.41) is 16.4. The Morgan fingerprint density at radius 3 is 2.74 bits per heavy atom. The number of amides is 1. The van der Waals surface area contributed by atoms with Crippen molar-refractivity contribution in [2.45, 2.75) is 0 Å². The Morgan fingerprint density at radius 2 is 2.11 bits per heavy atom. The van der Waals surface area contributed by atoms with Gasteiger partial charge >= 0.3 is 0 Å². The zero-order chi connectivity index (χ0) is 13.8. The van der Waals surface area contributed by atoms with Gasteiger partial charge < -0.3 is 16.3 Å². The Bertz CT molecular complexity index is 639. The summed E-state index contributed by atoms with van der Waals surface area (Å²) in [4.78, 5) is 12.4. The Labute approximate surface area is 118 Å². The van der Waals surface area contributed by atoms with Gasteiger partial charge in [-0.1, -0.05) is 28.9 Å². The fourth-order valence-electron chi connectivity index (χ4n) is 1.50. The monoisotopic (exact) mass is 295 g/mol. The summed E-state index contributed by atoms with van der Waals surface area (Å²) >= 11 is 7.13. The highest BCUT2D eigenvalue weighted by Crippen LogP contribution is 2.24. The smallest absolute Gasteiger partial charge is 0.267 e. The van der Waals surface area contributed by atoms with Gasteiger partial charge in [0.15, 0.2) is 5.84 Å². The van der Waals surface area contributed by atoms with Crippen molar-refractivity contribution in [3.63, 3.8) is 0 Å². The lowest BCUT2D eigenvalue weighted by atomic mass is 10.1. The Hall–Kier alpha value is -2.05. The van der Waals surface area contributed by atoms with E-state index >= 15 is 0 Å². The molecule has 0 saturated heterocycles. The molecule has 0 fully saturated rings. The summed E-state index contributed by atoms with van der Waals surface area (Å²) in [5.74, 6) is -0.411. The van der Waals surface area contributed by atoms with E-state index in [1.54, 1.807) is 35.7 Å². The van der Waals surface area contributed by atoms with E-state index in [9.17, 15) is 4.79 Å². The summed E-state index contributed by atoms with van der Waals surface area (Å²) < 4.78 is 0. The summed E-state index contributed by atoms with van der Waals surface area (Å²) in [5.41, 5.74) is 6.43. The minimum absolute atomic E-state index is 0.0758. The lowest BCUT2D eigenvalue weighted by molar-refractivity contribution is 0.103. The topological polar surface area (TPSA) is 87.7 Å². The molecular formula is C12H10ClN3O2S. The molecule has 5 nitrogen and oxygen atoms in total. The van der Waals surface area contributed by atoms with Gasteiger partial charge in [0.1, 0.15) is 4.88 Å². The Balaban J connectivity index is 2.30. The quantitative estimate of drug-likeness (QED) is 0.352. The van der Waals surface area contributed by atoms with Crippen LogP contribution in [0.2, 0.25) is 5.02 Å². The first kappa shape index (κ1) is 13.4. The van der Waals surface area contributed by atoms with Crippen LogP contribution in [0.4, 0.5) is 5.69 Å². The largest absolute Gasteiger partial charge is 0.409 e. The molecule has 98 valence electrons. The molecule has 1 heterocycles. The van der Waals surface area contributed by atoms with Crippen molar-refractivity contribution < 1.29 is 10.0 Å². The Kier molecular flexibility index (Phi) is 4.03. The third-order valence-electron chi connectivity index (χ3n) is 2.38. The second-order valence-electron chi connectivity index (χ2n) is 3.58. The number of para-hydroxylation sites is 1. The van der Waals surface area contributed by atoms with Gasteiger partial charge in [-0.05, 0) is 23.6 Å². The van der Waals surface area contributed by atoms with Gasteiger partial charge in [0, 0.05) is 5.56 Å². The van der Waals surface area contributed by atoms with Crippen molar-refractivity contribution in [1.29, 1.82) is 0 Å². The number of anilines is 1. The van der Waals surface area contributed by atoms with Crippen molar-refractivity contribution in [1.82, 2.24) is 0 Å². The summed E-state index contributed by atoms with van der Waals surface area (Å²) in [6, 6.07) is 8.41. The number of hydrogen-bond donors (Lipinski definition) is 3. The van der Waals surface area contributed by atoms with E-state index in [0.717, 1.165) is 0 Å². The number of nitrogens with zero attached hydrogens (tertiary/aromatic N) is 1. The first-order chi connectivity index (χ1) is 9.13. The molecular weight excluding hydrogens is 286 g/mol. The summed E-state index contributed by atoms with van der Waals surface area (Å²) in [6.45, 7) is 0. The molecule has 0 atom stereocenters. The number of nitrogens with two attached hydrogens (primary N) is 1. The van der Waals surface area contributed by atoms with Crippen LogP contribution in [0.25, 0.3) is 0 Å². The summed E-state index contributed by atoms with van der Waals surface area (Å²) in [7, 11) is 0. The SMILES string of the molecule is N/C(=N/O)c1ccccc1NC(=O)c1sccc1Cl. The third kappa shape index (κ3) is 2.86. The van der Waals surface area contributed by atoms with Crippen molar-refractivity contribution >= 4 is 40.4 Å². The first-order valence-corrected chi connectivity index (χ1v) is 6.50. The van der Waals surface area contributed by atoms with Gasteiger partial charge in [0.2, 0.25) is 0 Å². The maximum atomic E-state index is 12.0. The van der Waals surface area contributed by atoms with E-state index in [0.29, 0.717) is 21.2 Å². The molecule has 19 heavy (non-hydrogen) atoms. The molecule has 0 aliphatic rings. The van der Waals surface area contributed by atoms with Crippen LogP contribution in [-0.4, -0.2) is 17.0 Å². The van der Waals surface area contributed by atoms with Crippen LogP contribution in [-0.2, 0) is 0 Å². The van der Waals surface area contributed by atoms with Gasteiger partial charge in [-0.2, -0.15) is 0 Å². The molecule has 2 aromatic rings. The average molecular weight is 296 g/mol. The first-order valence-electron chi connectivity index (χ1n) is 5.24. The molecule has 1 amide bonds. The molecule has 0 radical (unpaired) electrons. The van der Waals surface area contributed by atoms with Crippen molar-refractivity contribution in [3.8, 4) is 0 Å². The fraction of sp³-hybridized carbons (Fsp3) is 0. The van der Waals surface area contributed by atoms with Gasteiger partial charge in [0.05, 0.1) is 10.7 Å². The highest BCUT2D eigenvalue weighted by atomic mass is 35.5. The van der Waals surface area contributed by atoms with Crippen molar-refractivity contribution in [3.05, 3.63) is 51.2 Å². The van der Waals surface area contributed by atoms with Crippen molar-refractivity contribution in [2.75, 3.05) is 5.32 Å². The van der Waals surface area contributed by atoms with E-state index < -0.39 is 0 Å². The number of thiophene rings is 1. The number of carbonyl (C=O) groups excluding carboxylic acids is 1. The summed E-state index contributed by atoms with van der Waals surface area (Å²) in [6.07, 6.45) is 0. The minimum atomic E-state index is -0.335. The number of hydrogen-bond acceptors (Lipinski definition) is 4. The highest BCUT2D eigenvalue weighted by Gasteiger charge is 2.14. The molecule has 0 aliphatic heterocycles. The van der Waals surface area contributed by atoms with E-state index in [-0.39, 0.29) is 11.7 Å². The molecule has 0 aliphatic carbocycles. The second kappa shape index (κ2) is 5.73. The Morgan fingerprint density at radius 1 is 1.37 bits per heavy atom. The number of benzene rings is 1. The van der Waals surface area contributed by atoms with Crippen LogP contribution in [0.5, 0.6) is 0 Å². The van der Waals surface area contributed by atoms with E-state index in [1.165, 1.54) is 11.3 Å². The molecule has 0 spiro atoms. The van der Waals surface area contributed by atoms with E-state index in [4.69, 9.17) is 22.5 Å². The van der Waals surface area contributed by atoms with Crippen LogP contribution in [0, 0.1) is 0 Å². The number of oxime groups is 1. The second-order valence-corrected chi connectivity index (χ2v) is 4.91. The number of amidine groups is 1. The number of rotatable bonds is 3. The van der Waals surface area contributed by atoms with E-state index in [2.05, 4.69) is 10.5 Å². The molecule has 0 bridgehead atoms. The third-order valence-corrected chi connectivity index (χ3v) is 3.72. The van der Waals surface area contributed by atoms with Crippen LogP contribution in [0.3, 0.4) is 0 Å². The molecule has 4 N–H and O–H groups in total. The van der Waals surface area contributed by atoms with Crippen LogP contribution in [0.15, 0.2) is 40.9 Å². The van der Waals surface area contributed by atoms with Gasteiger partial charge in [-0.3, -0.25) is 4.79 Å². The lowest BCUT2D eigenvalue weighted by Crippen LogP contribution is -2.18. The standard InChI is InChI=1S/C12H10ClN3O2S/c13-8-5-6-19-10(8)12(17)15-9-4-2-1-3-7(9)11(14)16-18/h1-6,18H,(H2,14,16)(H,15,17). The highest BCUT2D eigenvalue weighted by molar-refractivity contribution is 7.12. The molecule has 0 saturated carbocycles. The van der Waals surface area contributed by atoms with Crippen LogP contribution in [0.1, 0.15) is 15.2 Å². The predicted octanol–water partition coefficient (Wildman–Crippen LogP) is 2.75. The lowest BCUT2D eigenvalue weighted by Gasteiger charge is -2.09. The van der Waals surface area contributed by atoms with Gasteiger partial charge in [-0.25, -0.2) is 0 Å². The maximum Gasteiger partial charge on any atom is 0.267 e. The molecule has 7 heteroatoms. The molecule has 2 rings (SSSR count). The predicted molar refractivity (Wildman–Crippen MR) is 76.2 cm³/mol. The normalized spacial score (nSPS) is 11.3. The van der Waals surface area contributed by atoms with Crippen LogP contribution < -0.4 is 11.1 Å². The van der Waals surface area contributed by atoms with Gasteiger partial charge in [0.25, 0.3) is 5.91 Å². The zero-order valence-electron chi connectivity index (χ0n) is 9.63. The zero-order valence-corrected chi connectivity index (χ0v) is 11.2. The maximum absolute atomic E-state index is 12.0. The number of nitrogens with one attached hydrogen (secondary N) is 1. The van der Waals surface area contributed by atoms with Crippen LogP contribution >= 0.6 is 22.9 Å². The minimum Gasteiger partial charge on any atom is -0.409 e. The van der Waals surface area contributed by atoms with Crippen molar-refractivity contribution in [2.24, 2.45) is 10.9 Å². The average Bonchev–Trinajstić information content (AvgIpc) is 2.85. The molecule has 1 aromatic heterocycles. The fourth-order valence-corrected chi connectivity index (χ4v) is 2.54. The molecule has 0 unspecified atom stereocenters. The number of carbonyl (C=O) groups is 1. The number of halogens is 1.